The number of rotatable bonds is 6. The van der Waals surface area contributed by atoms with Crippen molar-refractivity contribution in [3.8, 4) is 5.75 Å². The first-order valence-corrected chi connectivity index (χ1v) is 8.68. The molecule has 1 aromatic heterocycles. The molecule has 25 heavy (non-hydrogen) atoms. The molecule has 0 aliphatic carbocycles. The summed E-state index contributed by atoms with van der Waals surface area (Å²) < 4.78 is 16.8. The Bertz CT molecular complexity index is 744. The molecule has 0 spiro atoms. The lowest BCUT2D eigenvalue weighted by Crippen LogP contribution is -2.23. The minimum Gasteiger partial charge on any atom is -0.493 e. The van der Waals surface area contributed by atoms with Crippen molar-refractivity contribution in [2.24, 2.45) is 5.92 Å². The van der Waals surface area contributed by atoms with Gasteiger partial charge in [0.15, 0.2) is 0 Å². The molecular weight excluding hydrogens is 318 g/mol. The Labute approximate surface area is 148 Å². The molecule has 1 aromatic carbocycles. The maximum Gasteiger partial charge on any atom is 0.255 e. The lowest BCUT2D eigenvalue weighted by molar-refractivity contribution is 0.0949. The minimum absolute atomic E-state index is 0.134. The predicted octanol–water partition coefficient (Wildman–Crippen LogP) is 3.55. The zero-order chi connectivity index (χ0) is 17.8. The number of amides is 1. The molecule has 1 aliphatic heterocycles. The summed E-state index contributed by atoms with van der Waals surface area (Å²) in [7, 11) is 0. The van der Waals surface area contributed by atoms with E-state index in [1.807, 2.05) is 32.0 Å². The molecule has 1 aliphatic rings. The van der Waals surface area contributed by atoms with Gasteiger partial charge in [-0.05, 0) is 44.9 Å². The van der Waals surface area contributed by atoms with Gasteiger partial charge < -0.3 is 19.2 Å². The molecule has 0 radical (unpaired) electrons. The van der Waals surface area contributed by atoms with E-state index in [0.717, 1.165) is 42.3 Å². The van der Waals surface area contributed by atoms with Gasteiger partial charge >= 0.3 is 0 Å². The summed E-state index contributed by atoms with van der Waals surface area (Å²) in [5.41, 5.74) is 2.68. The van der Waals surface area contributed by atoms with Crippen molar-refractivity contribution in [1.29, 1.82) is 0 Å². The molecule has 134 valence electrons. The van der Waals surface area contributed by atoms with Crippen LogP contribution in [0.3, 0.4) is 0 Å². The largest absolute Gasteiger partial charge is 0.493 e. The second kappa shape index (κ2) is 7.74. The fourth-order valence-corrected chi connectivity index (χ4v) is 2.99. The normalized spacial score (nSPS) is 16.8. The van der Waals surface area contributed by atoms with E-state index in [9.17, 15) is 4.79 Å². The molecule has 2 heterocycles. The van der Waals surface area contributed by atoms with Crippen LogP contribution in [-0.4, -0.2) is 25.7 Å². The highest BCUT2D eigenvalue weighted by Gasteiger charge is 2.18. The number of aryl methyl sites for hydroxylation is 3. The van der Waals surface area contributed by atoms with Crippen LogP contribution < -0.4 is 10.1 Å². The number of furan rings is 1. The van der Waals surface area contributed by atoms with Crippen molar-refractivity contribution in [2.75, 3.05) is 19.8 Å². The molecule has 1 amide bonds. The molecule has 3 rings (SSSR count). The summed E-state index contributed by atoms with van der Waals surface area (Å²) in [6.07, 6.45) is 1.04. The van der Waals surface area contributed by atoms with E-state index >= 15 is 0 Å². The van der Waals surface area contributed by atoms with Crippen molar-refractivity contribution in [3.63, 3.8) is 0 Å². The van der Waals surface area contributed by atoms with E-state index in [4.69, 9.17) is 13.9 Å². The summed E-state index contributed by atoms with van der Waals surface area (Å²) >= 11 is 0. The van der Waals surface area contributed by atoms with Crippen LogP contribution in [0.1, 0.15) is 39.4 Å². The predicted molar refractivity (Wildman–Crippen MR) is 95.0 cm³/mol. The quantitative estimate of drug-likeness (QED) is 0.871. The standard InChI is InChI=1S/C20H25NO4/c1-13-4-5-17(19(8-13)24-12-16-6-7-23-11-16)10-21-20(22)18-9-14(2)25-15(18)3/h4-5,8-9,16H,6-7,10-12H2,1-3H3,(H,21,22)/t16-/m1/s1. The smallest absolute Gasteiger partial charge is 0.255 e. The van der Waals surface area contributed by atoms with Crippen molar-refractivity contribution in [3.05, 3.63) is 52.5 Å². The Balaban J connectivity index is 1.64. The highest BCUT2D eigenvalue weighted by atomic mass is 16.5. The molecule has 5 nitrogen and oxygen atoms in total. The van der Waals surface area contributed by atoms with Crippen LogP contribution in [0.2, 0.25) is 0 Å². The summed E-state index contributed by atoms with van der Waals surface area (Å²) in [5.74, 6) is 2.51. The van der Waals surface area contributed by atoms with E-state index in [-0.39, 0.29) is 5.91 Å². The van der Waals surface area contributed by atoms with Gasteiger partial charge in [0.2, 0.25) is 0 Å². The second-order valence-corrected chi connectivity index (χ2v) is 6.66. The fraction of sp³-hybridized carbons (Fsp3) is 0.450. The van der Waals surface area contributed by atoms with E-state index in [2.05, 4.69) is 5.32 Å². The van der Waals surface area contributed by atoms with E-state index in [1.165, 1.54) is 0 Å². The van der Waals surface area contributed by atoms with Crippen LogP contribution in [0.15, 0.2) is 28.7 Å². The van der Waals surface area contributed by atoms with E-state index < -0.39 is 0 Å². The van der Waals surface area contributed by atoms with Crippen molar-refractivity contribution in [1.82, 2.24) is 5.32 Å². The Morgan fingerprint density at radius 3 is 2.80 bits per heavy atom. The third kappa shape index (κ3) is 4.42. The van der Waals surface area contributed by atoms with Crippen LogP contribution >= 0.6 is 0 Å². The molecular formula is C20H25NO4. The lowest BCUT2D eigenvalue weighted by atomic mass is 10.1. The molecule has 0 saturated carbocycles. The minimum atomic E-state index is -0.134. The third-order valence-corrected chi connectivity index (χ3v) is 4.45. The first-order valence-electron chi connectivity index (χ1n) is 8.68. The zero-order valence-electron chi connectivity index (χ0n) is 15.1. The number of hydrogen-bond donors (Lipinski definition) is 1. The fourth-order valence-electron chi connectivity index (χ4n) is 2.99. The second-order valence-electron chi connectivity index (χ2n) is 6.66. The van der Waals surface area contributed by atoms with Crippen LogP contribution in [0, 0.1) is 26.7 Å². The van der Waals surface area contributed by atoms with Crippen molar-refractivity contribution < 1.29 is 18.7 Å². The van der Waals surface area contributed by atoms with Gasteiger partial charge in [-0.25, -0.2) is 0 Å². The number of carbonyl (C=O) groups excluding carboxylic acids is 1. The van der Waals surface area contributed by atoms with Gasteiger partial charge in [0.05, 0.1) is 18.8 Å². The van der Waals surface area contributed by atoms with Crippen molar-refractivity contribution >= 4 is 5.91 Å². The molecule has 0 unspecified atom stereocenters. The van der Waals surface area contributed by atoms with Crippen LogP contribution in [0.4, 0.5) is 0 Å². The van der Waals surface area contributed by atoms with Crippen LogP contribution in [0.5, 0.6) is 5.75 Å². The number of nitrogens with one attached hydrogen (secondary N) is 1. The zero-order valence-corrected chi connectivity index (χ0v) is 15.1. The first-order chi connectivity index (χ1) is 12.0. The van der Waals surface area contributed by atoms with E-state index in [1.54, 1.807) is 13.0 Å². The Hall–Kier alpha value is -2.27. The number of benzene rings is 1. The SMILES string of the molecule is Cc1ccc(CNC(=O)c2cc(C)oc2C)c(OC[C@@H]2CCOC2)c1. The van der Waals surface area contributed by atoms with Gasteiger partial charge in [0.25, 0.3) is 5.91 Å². The van der Waals surface area contributed by atoms with Crippen LogP contribution in [-0.2, 0) is 11.3 Å². The highest BCUT2D eigenvalue weighted by Crippen LogP contribution is 2.23. The van der Waals surface area contributed by atoms with Crippen LogP contribution in [0.25, 0.3) is 0 Å². The lowest BCUT2D eigenvalue weighted by Gasteiger charge is -2.15. The summed E-state index contributed by atoms with van der Waals surface area (Å²) in [6.45, 7) is 8.30. The topological polar surface area (TPSA) is 60.7 Å². The maximum absolute atomic E-state index is 12.4. The molecule has 1 N–H and O–H groups in total. The van der Waals surface area contributed by atoms with Gasteiger partial charge in [-0.1, -0.05) is 12.1 Å². The molecule has 1 atom stereocenters. The molecule has 1 saturated heterocycles. The van der Waals surface area contributed by atoms with Gasteiger partial charge in [0.1, 0.15) is 17.3 Å². The Kier molecular flexibility index (Phi) is 5.43. The van der Waals surface area contributed by atoms with Gasteiger partial charge in [-0.2, -0.15) is 0 Å². The first kappa shape index (κ1) is 17.5. The van der Waals surface area contributed by atoms with Gasteiger partial charge in [-0.3, -0.25) is 4.79 Å². The number of carbonyl (C=O) groups is 1. The summed E-state index contributed by atoms with van der Waals surface area (Å²) in [4.78, 5) is 12.4. The summed E-state index contributed by atoms with van der Waals surface area (Å²) in [5, 5.41) is 2.95. The number of ether oxygens (including phenoxy) is 2. The van der Waals surface area contributed by atoms with Crippen molar-refractivity contribution in [2.45, 2.75) is 33.7 Å². The van der Waals surface area contributed by atoms with Gasteiger partial charge in [0, 0.05) is 24.6 Å². The van der Waals surface area contributed by atoms with E-state index in [0.29, 0.717) is 30.4 Å². The molecule has 0 bridgehead atoms. The third-order valence-electron chi connectivity index (χ3n) is 4.45. The monoisotopic (exact) mass is 343 g/mol. The molecule has 2 aromatic rings. The molecule has 5 heteroatoms. The van der Waals surface area contributed by atoms with Gasteiger partial charge in [-0.15, -0.1) is 0 Å². The Morgan fingerprint density at radius 1 is 1.28 bits per heavy atom. The highest BCUT2D eigenvalue weighted by molar-refractivity contribution is 5.95. The maximum atomic E-state index is 12.4. The average molecular weight is 343 g/mol. The Morgan fingerprint density at radius 2 is 2.12 bits per heavy atom. The number of hydrogen-bond acceptors (Lipinski definition) is 4. The molecule has 1 fully saturated rings. The average Bonchev–Trinajstić information content (AvgIpc) is 3.21. The summed E-state index contributed by atoms with van der Waals surface area (Å²) in [6, 6.07) is 7.81.